The molecule has 0 radical (unpaired) electrons. The molecule has 0 amide bonds. The standard InChI is InChI=1S/C11H18N4/c1-9(11-8-13-5-6-14-11)15(2)10-3-4-12-7-10/h5-6,8-10,12H,3-4,7H2,1-2H3/t9-,10+/m1/s1. The van der Waals surface area contributed by atoms with Crippen LogP contribution in [-0.4, -0.2) is 41.0 Å². The van der Waals surface area contributed by atoms with Crippen LogP contribution in [0.1, 0.15) is 25.1 Å². The fraction of sp³-hybridized carbons (Fsp3) is 0.636. The zero-order chi connectivity index (χ0) is 10.7. The third-order valence-corrected chi connectivity index (χ3v) is 3.23. The summed E-state index contributed by atoms with van der Waals surface area (Å²) in [6, 6.07) is 0.964. The zero-order valence-corrected chi connectivity index (χ0v) is 9.35. The molecule has 1 aromatic heterocycles. The zero-order valence-electron chi connectivity index (χ0n) is 9.35. The van der Waals surface area contributed by atoms with Gasteiger partial charge in [-0.3, -0.25) is 14.9 Å². The average Bonchev–Trinajstić information content (AvgIpc) is 2.82. The lowest BCUT2D eigenvalue weighted by atomic mass is 10.1. The highest BCUT2D eigenvalue weighted by atomic mass is 15.2. The van der Waals surface area contributed by atoms with Crippen LogP contribution in [-0.2, 0) is 0 Å². The summed E-state index contributed by atoms with van der Waals surface area (Å²) in [4.78, 5) is 10.8. The van der Waals surface area contributed by atoms with Crippen LogP contribution >= 0.6 is 0 Å². The summed E-state index contributed by atoms with van der Waals surface area (Å²) in [7, 11) is 2.16. The van der Waals surface area contributed by atoms with E-state index in [1.54, 1.807) is 12.4 Å². The smallest absolute Gasteiger partial charge is 0.0755 e. The van der Waals surface area contributed by atoms with Gasteiger partial charge in [0.15, 0.2) is 0 Å². The van der Waals surface area contributed by atoms with Gasteiger partial charge in [0.25, 0.3) is 0 Å². The molecule has 1 aliphatic rings. The minimum Gasteiger partial charge on any atom is -0.315 e. The molecule has 0 bridgehead atoms. The molecule has 1 aliphatic heterocycles. The van der Waals surface area contributed by atoms with E-state index in [2.05, 4.69) is 34.2 Å². The minimum absolute atomic E-state index is 0.337. The van der Waals surface area contributed by atoms with Gasteiger partial charge >= 0.3 is 0 Å². The third kappa shape index (κ3) is 2.33. The van der Waals surface area contributed by atoms with Crippen LogP contribution < -0.4 is 5.32 Å². The fourth-order valence-electron chi connectivity index (χ4n) is 2.04. The van der Waals surface area contributed by atoms with Gasteiger partial charge in [0.2, 0.25) is 0 Å². The molecular weight excluding hydrogens is 188 g/mol. The topological polar surface area (TPSA) is 41.1 Å². The van der Waals surface area contributed by atoms with Gasteiger partial charge in [0, 0.05) is 31.2 Å². The number of nitrogens with zero attached hydrogens (tertiary/aromatic N) is 3. The molecule has 4 heteroatoms. The number of hydrogen-bond acceptors (Lipinski definition) is 4. The van der Waals surface area contributed by atoms with Crippen LogP contribution in [0, 0.1) is 0 Å². The summed E-state index contributed by atoms with van der Waals surface area (Å²) in [6.45, 7) is 4.39. The Balaban J connectivity index is 2.03. The van der Waals surface area contributed by atoms with Crippen molar-refractivity contribution in [3.63, 3.8) is 0 Å². The second-order valence-electron chi connectivity index (χ2n) is 4.12. The van der Waals surface area contributed by atoms with Crippen molar-refractivity contribution in [3.8, 4) is 0 Å². The molecule has 0 spiro atoms. The second kappa shape index (κ2) is 4.68. The van der Waals surface area contributed by atoms with E-state index in [1.165, 1.54) is 6.42 Å². The van der Waals surface area contributed by atoms with Gasteiger partial charge in [0.05, 0.1) is 11.7 Å². The lowest BCUT2D eigenvalue weighted by Crippen LogP contribution is -2.35. The molecule has 82 valence electrons. The van der Waals surface area contributed by atoms with Crippen molar-refractivity contribution in [1.82, 2.24) is 20.2 Å². The Morgan fingerprint density at radius 2 is 2.40 bits per heavy atom. The maximum atomic E-state index is 4.35. The highest BCUT2D eigenvalue weighted by Crippen LogP contribution is 2.20. The van der Waals surface area contributed by atoms with Crippen molar-refractivity contribution >= 4 is 0 Å². The van der Waals surface area contributed by atoms with Crippen LogP contribution in [0.15, 0.2) is 18.6 Å². The predicted molar refractivity (Wildman–Crippen MR) is 59.5 cm³/mol. The van der Waals surface area contributed by atoms with Crippen molar-refractivity contribution in [2.75, 3.05) is 20.1 Å². The van der Waals surface area contributed by atoms with Gasteiger partial charge in [-0.05, 0) is 26.9 Å². The second-order valence-corrected chi connectivity index (χ2v) is 4.12. The molecular formula is C11H18N4. The molecule has 15 heavy (non-hydrogen) atoms. The summed E-state index contributed by atoms with van der Waals surface area (Å²) in [5, 5.41) is 3.38. The predicted octanol–water partition coefficient (Wildman–Crippen LogP) is 0.831. The van der Waals surface area contributed by atoms with E-state index < -0.39 is 0 Å². The molecule has 1 fully saturated rings. The number of likely N-dealkylation sites (N-methyl/N-ethyl adjacent to an activating group) is 1. The maximum absolute atomic E-state index is 4.35. The summed E-state index contributed by atoms with van der Waals surface area (Å²) in [5.41, 5.74) is 1.05. The quantitative estimate of drug-likeness (QED) is 0.795. The Labute approximate surface area is 90.7 Å². The molecule has 4 nitrogen and oxygen atoms in total. The molecule has 2 rings (SSSR count). The molecule has 0 aliphatic carbocycles. The highest BCUT2D eigenvalue weighted by molar-refractivity contribution is 5.02. The summed E-state index contributed by atoms with van der Waals surface area (Å²) in [5.74, 6) is 0. The van der Waals surface area contributed by atoms with Gasteiger partial charge in [-0.15, -0.1) is 0 Å². The molecule has 2 heterocycles. The van der Waals surface area contributed by atoms with Gasteiger partial charge in [-0.2, -0.15) is 0 Å². The van der Waals surface area contributed by atoms with Crippen molar-refractivity contribution in [2.24, 2.45) is 0 Å². The molecule has 0 saturated carbocycles. The summed E-state index contributed by atoms with van der Waals surface area (Å²) in [6.07, 6.45) is 6.55. The summed E-state index contributed by atoms with van der Waals surface area (Å²) >= 11 is 0. The number of nitrogens with one attached hydrogen (secondary N) is 1. The van der Waals surface area contributed by atoms with Crippen LogP contribution in [0.4, 0.5) is 0 Å². The first-order chi connectivity index (χ1) is 7.29. The van der Waals surface area contributed by atoms with E-state index in [9.17, 15) is 0 Å². The molecule has 1 N–H and O–H groups in total. The maximum Gasteiger partial charge on any atom is 0.0755 e. The Morgan fingerprint density at radius 1 is 1.53 bits per heavy atom. The van der Waals surface area contributed by atoms with E-state index in [4.69, 9.17) is 0 Å². The van der Waals surface area contributed by atoms with Crippen LogP contribution in [0.3, 0.4) is 0 Å². The minimum atomic E-state index is 0.337. The molecule has 0 unspecified atom stereocenters. The number of hydrogen-bond donors (Lipinski definition) is 1. The summed E-state index contributed by atoms with van der Waals surface area (Å²) < 4.78 is 0. The van der Waals surface area contributed by atoms with Crippen molar-refractivity contribution in [3.05, 3.63) is 24.3 Å². The SMILES string of the molecule is C[C@H](c1cnccn1)N(C)[C@H]1CCNC1. The first kappa shape index (κ1) is 10.5. The van der Waals surface area contributed by atoms with Crippen LogP contribution in [0.2, 0.25) is 0 Å². The van der Waals surface area contributed by atoms with Crippen LogP contribution in [0.5, 0.6) is 0 Å². The largest absolute Gasteiger partial charge is 0.315 e. The van der Waals surface area contributed by atoms with Crippen molar-refractivity contribution in [2.45, 2.75) is 25.4 Å². The monoisotopic (exact) mass is 206 g/mol. The van der Waals surface area contributed by atoms with Crippen LogP contribution in [0.25, 0.3) is 0 Å². The van der Waals surface area contributed by atoms with E-state index in [1.807, 2.05) is 6.20 Å². The fourth-order valence-corrected chi connectivity index (χ4v) is 2.04. The van der Waals surface area contributed by atoms with E-state index in [-0.39, 0.29) is 0 Å². The van der Waals surface area contributed by atoms with E-state index >= 15 is 0 Å². The van der Waals surface area contributed by atoms with Crippen molar-refractivity contribution < 1.29 is 0 Å². The van der Waals surface area contributed by atoms with E-state index in [0.717, 1.165) is 18.8 Å². The number of rotatable bonds is 3. The highest BCUT2D eigenvalue weighted by Gasteiger charge is 2.24. The first-order valence-electron chi connectivity index (χ1n) is 5.47. The molecule has 1 saturated heterocycles. The molecule has 0 aromatic carbocycles. The van der Waals surface area contributed by atoms with E-state index in [0.29, 0.717) is 12.1 Å². The Kier molecular flexibility index (Phi) is 3.28. The van der Waals surface area contributed by atoms with Gasteiger partial charge < -0.3 is 5.32 Å². The Morgan fingerprint density at radius 3 is 3.00 bits per heavy atom. The van der Waals surface area contributed by atoms with Gasteiger partial charge in [0.1, 0.15) is 0 Å². The average molecular weight is 206 g/mol. The lowest BCUT2D eigenvalue weighted by Gasteiger charge is -2.29. The third-order valence-electron chi connectivity index (χ3n) is 3.23. The first-order valence-corrected chi connectivity index (χ1v) is 5.47. The van der Waals surface area contributed by atoms with Gasteiger partial charge in [-0.25, -0.2) is 0 Å². The molecule has 2 atom stereocenters. The van der Waals surface area contributed by atoms with Crippen molar-refractivity contribution in [1.29, 1.82) is 0 Å². The van der Waals surface area contributed by atoms with Gasteiger partial charge in [-0.1, -0.05) is 0 Å². The Bertz CT molecular complexity index is 295. The normalized spacial score (nSPS) is 23.3. The Hall–Kier alpha value is -1.00. The lowest BCUT2D eigenvalue weighted by molar-refractivity contribution is 0.193. The number of aromatic nitrogens is 2. The molecule has 1 aromatic rings.